The molecule has 0 fully saturated rings. The van der Waals surface area contributed by atoms with Gasteiger partial charge < -0.3 is 9.64 Å². The van der Waals surface area contributed by atoms with Gasteiger partial charge >= 0.3 is 0 Å². The van der Waals surface area contributed by atoms with Crippen molar-refractivity contribution in [3.63, 3.8) is 0 Å². The molecule has 22 heavy (non-hydrogen) atoms. The van der Waals surface area contributed by atoms with Gasteiger partial charge in [0.05, 0.1) is 17.8 Å². The molecule has 2 rings (SSSR count). The minimum absolute atomic E-state index is 0.0229. The van der Waals surface area contributed by atoms with Gasteiger partial charge in [0.1, 0.15) is 16.3 Å². The topological polar surface area (TPSA) is 55.3 Å². The van der Waals surface area contributed by atoms with E-state index in [9.17, 15) is 4.79 Å². The van der Waals surface area contributed by atoms with Crippen molar-refractivity contribution in [3.8, 4) is 0 Å². The highest BCUT2D eigenvalue weighted by Crippen LogP contribution is 2.22. The molecule has 0 aliphatic heterocycles. The van der Waals surface area contributed by atoms with Crippen molar-refractivity contribution in [2.75, 3.05) is 13.7 Å². The molecule has 0 unspecified atom stereocenters. The molecule has 0 saturated carbocycles. The highest BCUT2D eigenvalue weighted by Gasteiger charge is 2.15. The number of amides is 1. The number of nitrogens with zero attached hydrogens (tertiary/aromatic N) is 3. The first kappa shape index (κ1) is 16.9. The Morgan fingerprint density at radius 1 is 1.50 bits per heavy atom. The summed E-state index contributed by atoms with van der Waals surface area (Å²) in [6, 6.07) is 3.27. The monoisotopic (exact) mass is 339 g/mol. The number of aromatic nitrogens is 2. The van der Waals surface area contributed by atoms with Crippen molar-refractivity contribution in [3.05, 3.63) is 45.1 Å². The van der Waals surface area contributed by atoms with Gasteiger partial charge in [-0.3, -0.25) is 4.79 Å². The number of hydrogen-bond donors (Lipinski definition) is 0. The van der Waals surface area contributed by atoms with Crippen LogP contribution in [0.5, 0.6) is 0 Å². The third-order valence-electron chi connectivity index (χ3n) is 3.05. The molecule has 0 saturated heterocycles. The molecule has 2 aromatic heterocycles. The zero-order valence-electron chi connectivity index (χ0n) is 12.7. The molecule has 0 N–H and O–H groups in total. The second-order valence-corrected chi connectivity index (χ2v) is 6.08. The van der Waals surface area contributed by atoms with Crippen LogP contribution in [-0.2, 0) is 11.3 Å². The minimum atomic E-state index is -0.114. The smallest absolute Gasteiger partial charge is 0.255 e. The lowest BCUT2D eigenvalue weighted by molar-refractivity contribution is 0.0756. The Morgan fingerprint density at radius 3 is 2.91 bits per heavy atom. The van der Waals surface area contributed by atoms with Gasteiger partial charge in [0.2, 0.25) is 0 Å². The van der Waals surface area contributed by atoms with E-state index in [1.807, 2.05) is 19.2 Å². The molecule has 0 bridgehead atoms. The number of pyridine rings is 1. The second kappa shape index (κ2) is 7.67. The second-order valence-electron chi connectivity index (χ2n) is 4.81. The number of carbonyl (C=O) groups excluding carboxylic acids is 1. The van der Waals surface area contributed by atoms with Gasteiger partial charge in [0.15, 0.2) is 0 Å². The predicted molar refractivity (Wildman–Crippen MR) is 87.2 cm³/mol. The maximum absolute atomic E-state index is 12.3. The quantitative estimate of drug-likeness (QED) is 0.755. The van der Waals surface area contributed by atoms with E-state index in [0.717, 1.165) is 10.7 Å². The van der Waals surface area contributed by atoms with Crippen molar-refractivity contribution in [1.82, 2.24) is 14.9 Å². The fourth-order valence-corrected chi connectivity index (χ4v) is 2.87. The van der Waals surface area contributed by atoms with Crippen LogP contribution in [0.25, 0.3) is 0 Å². The number of carbonyl (C=O) groups is 1. The molecule has 0 aliphatic rings. The molecule has 0 aliphatic carbocycles. The minimum Gasteiger partial charge on any atom is -0.372 e. The van der Waals surface area contributed by atoms with Crippen molar-refractivity contribution < 1.29 is 9.53 Å². The summed E-state index contributed by atoms with van der Waals surface area (Å²) in [4.78, 5) is 22.4. The molecule has 2 heterocycles. The van der Waals surface area contributed by atoms with E-state index in [1.165, 1.54) is 6.20 Å². The molecule has 1 atom stereocenters. The van der Waals surface area contributed by atoms with Crippen molar-refractivity contribution in [2.24, 2.45) is 0 Å². The summed E-state index contributed by atoms with van der Waals surface area (Å²) in [5.74, 6) is -0.114. The molecule has 0 aromatic carbocycles. The van der Waals surface area contributed by atoms with E-state index in [1.54, 1.807) is 35.4 Å². The summed E-state index contributed by atoms with van der Waals surface area (Å²) in [5.41, 5.74) is 1.36. The van der Waals surface area contributed by atoms with Crippen molar-refractivity contribution in [1.29, 1.82) is 0 Å². The SMILES string of the molecule is CCO[C@H](C)c1nc(CN(C)C(=O)c2ccc(Cl)nc2)cs1. The van der Waals surface area contributed by atoms with E-state index in [2.05, 4.69) is 9.97 Å². The largest absolute Gasteiger partial charge is 0.372 e. The van der Waals surface area contributed by atoms with Crippen LogP contribution >= 0.6 is 22.9 Å². The van der Waals surface area contributed by atoms with Gasteiger partial charge in [-0.05, 0) is 26.0 Å². The Hall–Kier alpha value is -1.50. The van der Waals surface area contributed by atoms with Crippen LogP contribution in [-0.4, -0.2) is 34.4 Å². The zero-order valence-corrected chi connectivity index (χ0v) is 14.3. The van der Waals surface area contributed by atoms with Crippen LogP contribution in [0, 0.1) is 0 Å². The lowest BCUT2D eigenvalue weighted by atomic mass is 10.2. The third kappa shape index (κ3) is 4.25. The predicted octanol–water partition coefficient (Wildman–Crippen LogP) is 3.56. The van der Waals surface area contributed by atoms with Gasteiger partial charge in [-0.25, -0.2) is 9.97 Å². The molecular weight excluding hydrogens is 322 g/mol. The summed E-state index contributed by atoms with van der Waals surface area (Å²) in [7, 11) is 1.74. The summed E-state index contributed by atoms with van der Waals surface area (Å²) < 4.78 is 5.52. The fraction of sp³-hybridized carbons (Fsp3) is 0.400. The lowest BCUT2D eigenvalue weighted by Gasteiger charge is -2.15. The highest BCUT2D eigenvalue weighted by atomic mass is 35.5. The average Bonchev–Trinajstić information content (AvgIpc) is 2.96. The van der Waals surface area contributed by atoms with Gasteiger partial charge in [0, 0.05) is 25.2 Å². The number of hydrogen-bond acceptors (Lipinski definition) is 5. The Morgan fingerprint density at radius 2 is 2.27 bits per heavy atom. The Balaban J connectivity index is 2.01. The molecule has 5 nitrogen and oxygen atoms in total. The number of halogens is 1. The first-order valence-corrected chi connectivity index (χ1v) is 8.20. The zero-order chi connectivity index (χ0) is 16.1. The molecular formula is C15H18ClN3O2S. The number of rotatable bonds is 6. The molecule has 1 amide bonds. The van der Waals surface area contributed by atoms with E-state index < -0.39 is 0 Å². The van der Waals surface area contributed by atoms with E-state index >= 15 is 0 Å². The number of ether oxygens (including phenoxy) is 1. The Kier molecular flexibility index (Phi) is 5.88. The third-order valence-corrected chi connectivity index (χ3v) is 4.33. The van der Waals surface area contributed by atoms with Crippen LogP contribution in [0.1, 0.15) is 41.0 Å². The van der Waals surface area contributed by atoms with Gasteiger partial charge in [-0.1, -0.05) is 11.6 Å². The standard InChI is InChI=1S/C15H18ClN3O2S/c1-4-21-10(2)14-18-12(9-22-14)8-19(3)15(20)11-5-6-13(16)17-7-11/h5-7,9-10H,4,8H2,1-3H3/t10-/m1/s1. The van der Waals surface area contributed by atoms with E-state index in [4.69, 9.17) is 16.3 Å². The van der Waals surface area contributed by atoms with Crippen LogP contribution in [0.15, 0.2) is 23.7 Å². The first-order valence-electron chi connectivity index (χ1n) is 6.94. The summed E-state index contributed by atoms with van der Waals surface area (Å²) in [6.45, 7) is 5.02. The number of thiazole rings is 1. The summed E-state index contributed by atoms with van der Waals surface area (Å²) in [6.07, 6.45) is 1.45. The van der Waals surface area contributed by atoms with Crippen molar-refractivity contribution in [2.45, 2.75) is 26.5 Å². The van der Waals surface area contributed by atoms with Crippen molar-refractivity contribution >= 4 is 28.8 Å². The normalized spacial score (nSPS) is 12.2. The molecule has 0 spiro atoms. The summed E-state index contributed by atoms with van der Waals surface area (Å²) in [5, 5.41) is 3.24. The molecule has 118 valence electrons. The average molecular weight is 340 g/mol. The van der Waals surface area contributed by atoms with Gasteiger partial charge in [-0.15, -0.1) is 11.3 Å². The Labute approximate surface area is 138 Å². The molecule has 0 radical (unpaired) electrons. The maximum atomic E-state index is 12.3. The highest BCUT2D eigenvalue weighted by molar-refractivity contribution is 7.09. The van der Waals surface area contributed by atoms with E-state index in [-0.39, 0.29) is 12.0 Å². The van der Waals surface area contributed by atoms with Gasteiger partial charge in [0.25, 0.3) is 5.91 Å². The van der Waals surface area contributed by atoms with Gasteiger partial charge in [-0.2, -0.15) is 0 Å². The van der Waals surface area contributed by atoms with Crippen LogP contribution in [0.2, 0.25) is 5.15 Å². The van der Waals surface area contributed by atoms with Crippen LogP contribution in [0.3, 0.4) is 0 Å². The molecule has 7 heteroatoms. The van der Waals surface area contributed by atoms with Crippen LogP contribution < -0.4 is 0 Å². The molecule has 2 aromatic rings. The Bertz CT molecular complexity index is 630. The fourth-order valence-electron chi connectivity index (χ4n) is 1.94. The van der Waals surface area contributed by atoms with Crippen LogP contribution in [0.4, 0.5) is 0 Å². The summed E-state index contributed by atoms with van der Waals surface area (Å²) >= 11 is 7.27. The maximum Gasteiger partial charge on any atom is 0.255 e. The van der Waals surface area contributed by atoms with E-state index in [0.29, 0.717) is 23.9 Å². The first-order chi connectivity index (χ1) is 10.5. The lowest BCUT2D eigenvalue weighted by Crippen LogP contribution is -2.26.